The second-order valence-electron chi connectivity index (χ2n) is 10.8. The first-order chi connectivity index (χ1) is 22.0. The number of carboxylic acid groups (broad SMARTS) is 1. The van der Waals surface area contributed by atoms with Crippen LogP contribution in [0.15, 0.2) is 146 Å². The maximum absolute atomic E-state index is 15.7. The fraction of sp³-hybridized carbons (Fsp3) is 0.0256. The van der Waals surface area contributed by atoms with E-state index in [0.717, 1.165) is 33.0 Å². The molecule has 0 spiro atoms. The second kappa shape index (κ2) is 11.6. The average Bonchev–Trinajstić information content (AvgIpc) is 3.42. The van der Waals surface area contributed by atoms with Crippen LogP contribution in [0.5, 0.6) is 0 Å². The highest BCUT2D eigenvalue weighted by molar-refractivity contribution is 5.96. The van der Waals surface area contributed by atoms with Crippen LogP contribution >= 0.6 is 0 Å². The first-order valence-corrected chi connectivity index (χ1v) is 14.6. The topological polar surface area (TPSA) is 67.2 Å². The van der Waals surface area contributed by atoms with Gasteiger partial charge in [0.05, 0.1) is 16.9 Å². The Bertz CT molecular complexity index is 2080. The van der Waals surface area contributed by atoms with Gasteiger partial charge in [0.15, 0.2) is 0 Å². The predicted molar refractivity (Wildman–Crippen MR) is 179 cm³/mol. The molecule has 7 aromatic rings. The summed E-state index contributed by atoms with van der Waals surface area (Å²) in [7, 11) is 0. The Labute approximate surface area is 259 Å². The lowest BCUT2D eigenvalue weighted by atomic mass is 9.77. The number of carbonyl (C=O) groups is 1. The van der Waals surface area contributed by atoms with Crippen molar-refractivity contribution in [3.8, 4) is 0 Å². The molecule has 0 atom stereocenters. The summed E-state index contributed by atoms with van der Waals surface area (Å²) < 4.78 is 17.5. The van der Waals surface area contributed by atoms with E-state index in [9.17, 15) is 9.90 Å². The van der Waals surface area contributed by atoms with Crippen molar-refractivity contribution >= 4 is 45.6 Å². The summed E-state index contributed by atoms with van der Waals surface area (Å²) in [5, 5.41) is 19.7. The molecule has 0 unspecified atom stereocenters. The van der Waals surface area contributed by atoms with Crippen LogP contribution < -0.4 is 5.32 Å². The highest BCUT2D eigenvalue weighted by atomic mass is 19.1. The minimum Gasteiger partial charge on any atom is -0.465 e. The van der Waals surface area contributed by atoms with Crippen molar-refractivity contribution in [2.45, 2.75) is 5.54 Å². The Balaban J connectivity index is 1.54. The van der Waals surface area contributed by atoms with Gasteiger partial charge < -0.3 is 5.11 Å². The molecule has 1 heterocycles. The Morgan fingerprint density at radius 1 is 0.689 bits per heavy atom. The molecule has 6 heteroatoms. The van der Waals surface area contributed by atoms with Crippen molar-refractivity contribution in [2.24, 2.45) is 0 Å². The molecule has 0 aliphatic heterocycles. The van der Waals surface area contributed by atoms with Crippen LogP contribution in [0.3, 0.4) is 0 Å². The molecule has 0 radical (unpaired) electrons. The third kappa shape index (κ3) is 5.02. The molecule has 5 nitrogen and oxygen atoms in total. The summed E-state index contributed by atoms with van der Waals surface area (Å²) >= 11 is 0. The van der Waals surface area contributed by atoms with E-state index in [1.54, 1.807) is 0 Å². The normalized spacial score (nSPS) is 11.8. The van der Waals surface area contributed by atoms with Crippen LogP contribution in [0.4, 0.5) is 14.9 Å². The van der Waals surface area contributed by atoms with Gasteiger partial charge in [-0.05, 0) is 51.2 Å². The molecule has 45 heavy (non-hydrogen) atoms. The SMILES string of the molecule is O=C(O)Nc1cc2c(/C=C/c3ccc4ccccc4c3)nn(C(c3ccccc3)(c3ccccc3)c3ccccc3)c2cc1F. The number of nitrogens with zero attached hydrogens (tertiary/aromatic N) is 2. The van der Waals surface area contributed by atoms with Gasteiger partial charge in [-0.2, -0.15) is 5.10 Å². The molecule has 1 aromatic heterocycles. The van der Waals surface area contributed by atoms with Crippen molar-refractivity contribution in [1.82, 2.24) is 9.78 Å². The molecule has 7 rings (SSSR count). The van der Waals surface area contributed by atoms with E-state index in [-0.39, 0.29) is 5.69 Å². The molecule has 1 amide bonds. The molecule has 0 aliphatic rings. The Morgan fingerprint density at radius 2 is 1.24 bits per heavy atom. The molecule has 2 N–H and O–H groups in total. The van der Waals surface area contributed by atoms with Crippen molar-refractivity contribution in [2.75, 3.05) is 5.32 Å². The van der Waals surface area contributed by atoms with E-state index in [1.807, 2.05) is 89.6 Å². The summed E-state index contributed by atoms with van der Waals surface area (Å²) in [4.78, 5) is 11.6. The maximum atomic E-state index is 15.7. The summed E-state index contributed by atoms with van der Waals surface area (Å²) in [5.41, 5.74) is 3.73. The maximum Gasteiger partial charge on any atom is 0.409 e. The third-order valence-electron chi connectivity index (χ3n) is 8.14. The average molecular weight is 590 g/mol. The molecule has 218 valence electrons. The molecular formula is C39H28FN3O2. The largest absolute Gasteiger partial charge is 0.465 e. The van der Waals surface area contributed by atoms with Gasteiger partial charge >= 0.3 is 6.09 Å². The number of amides is 1. The van der Waals surface area contributed by atoms with Gasteiger partial charge in [-0.15, -0.1) is 0 Å². The highest BCUT2D eigenvalue weighted by Crippen LogP contribution is 2.43. The lowest BCUT2D eigenvalue weighted by molar-refractivity contribution is 0.209. The summed E-state index contributed by atoms with van der Waals surface area (Å²) in [6.45, 7) is 0. The first-order valence-electron chi connectivity index (χ1n) is 14.6. The fourth-order valence-corrected chi connectivity index (χ4v) is 6.14. The minimum atomic E-state index is -1.35. The number of hydrogen-bond acceptors (Lipinski definition) is 2. The standard InChI is InChI=1S/C39H28FN3O2/c40-34-26-37-33(25-36(34)41-38(44)45)35(23-21-27-20-22-28-12-10-11-13-29(28)24-27)42-43(37)39(30-14-4-1-5-15-30,31-16-6-2-7-17-31)32-18-8-3-9-19-32/h1-26,41H,(H,44,45)/b23-21+. The molecule has 0 saturated heterocycles. The molecule has 6 aromatic carbocycles. The van der Waals surface area contributed by atoms with Gasteiger partial charge in [0.1, 0.15) is 11.4 Å². The van der Waals surface area contributed by atoms with Crippen LogP contribution in [0, 0.1) is 5.82 Å². The Hall–Kier alpha value is -6.01. The number of anilines is 1. The summed E-state index contributed by atoms with van der Waals surface area (Å²) in [5.74, 6) is -0.695. The molecule has 0 aliphatic carbocycles. The first kappa shape index (κ1) is 27.8. The number of fused-ring (bicyclic) bond motifs is 2. The van der Waals surface area contributed by atoms with E-state index >= 15 is 4.39 Å². The molecule has 0 saturated carbocycles. The van der Waals surface area contributed by atoms with Crippen molar-refractivity contribution < 1.29 is 14.3 Å². The van der Waals surface area contributed by atoms with Crippen molar-refractivity contribution in [3.05, 3.63) is 179 Å². The summed E-state index contributed by atoms with van der Waals surface area (Å²) in [6.07, 6.45) is 2.53. The quantitative estimate of drug-likeness (QED) is 0.182. The van der Waals surface area contributed by atoms with E-state index in [0.29, 0.717) is 16.6 Å². The lowest BCUT2D eigenvalue weighted by Crippen LogP contribution is -2.38. The summed E-state index contributed by atoms with van der Waals surface area (Å²) in [6, 6.07) is 47.4. The fourth-order valence-electron chi connectivity index (χ4n) is 6.14. The van der Waals surface area contributed by atoms with Crippen LogP contribution in [0.25, 0.3) is 33.8 Å². The van der Waals surface area contributed by atoms with Crippen LogP contribution in [0.1, 0.15) is 27.9 Å². The Morgan fingerprint density at radius 3 is 1.82 bits per heavy atom. The number of hydrogen-bond donors (Lipinski definition) is 2. The second-order valence-corrected chi connectivity index (χ2v) is 10.8. The third-order valence-corrected chi connectivity index (χ3v) is 8.14. The van der Waals surface area contributed by atoms with E-state index < -0.39 is 17.4 Å². The van der Waals surface area contributed by atoms with Crippen LogP contribution in [0.2, 0.25) is 0 Å². The number of nitrogens with one attached hydrogen (secondary N) is 1. The zero-order valence-electron chi connectivity index (χ0n) is 24.1. The number of halogens is 1. The van der Waals surface area contributed by atoms with Crippen molar-refractivity contribution in [1.29, 1.82) is 0 Å². The van der Waals surface area contributed by atoms with Crippen LogP contribution in [-0.2, 0) is 5.54 Å². The van der Waals surface area contributed by atoms with Crippen LogP contribution in [-0.4, -0.2) is 21.0 Å². The van der Waals surface area contributed by atoms with Gasteiger partial charge in [-0.1, -0.05) is 133 Å². The predicted octanol–water partition coefficient (Wildman–Crippen LogP) is 9.43. The molecule has 0 bridgehead atoms. The number of aromatic nitrogens is 2. The van der Waals surface area contributed by atoms with Gasteiger partial charge in [-0.25, -0.2) is 13.9 Å². The van der Waals surface area contributed by atoms with E-state index in [4.69, 9.17) is 5.10 Å². The van der Waals surface area contributed by atoms with E-state index in [2.05, 4.69) is 66.0 Å². The van der Waals surface area contributed by atoms with E-state index in [1.165, 1.54) is 12.1 Å². The van der Waals surface area contributed by atoms with Gasteiger partial charge in [0, 0.05) is 11.5 Å². The monoisotopic (exact) mass is 589 g/mol. The smallest absolute Gasteiger partial charge is 0.409 e. The lowest BCUT2D eigenvalue weighted by Gasteiger charge is -2.37. The van der Waals surface area contributed by atoms with Gasteiger partial charge in [0.25, 0.3) is 0 Å². The van der Waals surface area contributed by atoms with Gasteiger partial charge in [0.2, 0.25) is 0 Å². The molecular weight excluding hydrogens is 561 g/mol. The van der Waals surface area contributed by atoms with Crippen molar-refractivity contribution in [3.63, 3.8) is 0 Å². The number of rotatable bonds is 7. The minimum absolute atomic E-state index is 0.139. The zero-order chi connectivity index (χ0) is 30.8. The molecule has 0 fully saturated rings. The highest BCUT2D eigenvalue weighted by Gasteiger charge is 2.41. The van der Waals surface area contributed by atoms with Gasteiger partial charge in [-0.3, -0.25) is 5.32 Å². The zero-order valence-corrected chi connectivity index (χ0v) is 24.1. The Kier molecular flexibility index (Phi) is 7.16. The number of benzene rings is 6.